The molecule has 1 fully saturated rings. The number of hydrogen-bond acceptors (Lipinski definition) is 2. The van der Waals surface area contributed by atoms with Crippen molar-refractivity contribution < 1.29 is 9.59 Å². The maximum Gasteiger partial charge on any atom is 0.225 e. The lowest BCUT2D eigenvalue weighted by molar-refractivity contribution is -0.129. The molecular formula is C17H22Cl2N2O2. The van der Waals surface area contributed by atoms with E-state index in [9.17, 15) is 9.59 Å². The summed E-state index contributed by atoms with van der Waals surface area (Å²) in [4.78, 5) is 26.0. The topological polar surface area (TPSA) is 49.4 Å². The summed E-state index contributed by atoms with van der Waals surface area (Å²) in [6.45, 7) is 6.82. The first-order valence-corrected chi connectivity index (χ1v) is 8.45. The highest BCUT2D eigenvalue weighted by atomic mass is 35.5. The Labute approximate surface area is 147 Å². The second-order valence-electron chi connectivity index (χ2n) is 6.97. The molecule has 0 radical (unpaired) electrons. The zero-order valence-electron chi connectivity index (χ0n) is 13.7. The molecule has 0 aliphatic carbocycles. The molecule has 23 heavy (non-hydrogen) atoms. The number of carbonyl (C=O) groups is 2. The highest BCUT2D eigenvalue weighted by Crippen LogP contribution is 2.23. The number of rotatable bonds is 4. The zero-order valence-corrected chi connectivity index (χ0v) is 15.2. The van der Waals surface area contributed by atoms with E-state index < -0.39 is 0 Å². The van der Waals surface area contributed by atoms with E-state index in [-0.39, 0.29) is 29.7 Å². The molecule has 0 aromatic heterocycles. The van der Waals surface area contributed by atoms with Gasteiger partial charge in [0, 0.05) is 35.1 Å². The van der Waals surface area contributed by atoms with E-state index >= 15 is 0 Å². The Morgan fingerprint density at radius 2 is 2.04 bits per heavy atom. The second-order valence-corrected chi connectivity index (χ2v) is 7.81. The van der Waals surface area contributed by atoms with E-state index in [0.717, 1.165) is 5.56 Å². The van der Waals surface area contributed by atoms with Crippen molar-refractivity contribution >= 4 is 35.0 Å². The molecule has 0 bridgehead atoms. The van der Waals surface area contributed by atoms with Gasteiger partial charge in [-0.2, -0.15) is 0 Å². The van der Waals surface area contributed by atoms with Crippen LogP contribution in [0.25, 0.3) is 0 Å². The minimum Gasteiger partial charge on any atom is -0.351 e. The lowest BCUT2D eigenvalue weighted by Crippen LogP contribution is -2.44. The van der Waals surface area contributed by atoms with Crippen LogP contribution in [0.15, 0.2) is 18.2 Å². The third-order valence-corrected chi connectivity index (χ3v) is 4.34. The molecule has 1 aliphatic heterocycles. The van der Waals surface area contributed by atoms with Gasteiger partial charge >= 0.3 is 0 Å². The summed E-state index contributed by atoms with van der Waals surface area (Å²) in [5, 5.41) is 4.13. The third-order valence-electron chi connectivity index (χ3n) is 3.75. The quantitative estimate of drug-likeness (QED) is 0.899. The largest absolute Gasteiger partial charge is 0.351 e. The van der Waals surface area contributed by atoms with E-state index in [1.165, 1.54) is 0 Å². The van der Waals surface area contributed by atoms with Gasteiger partial charge in [0.25, 0.3) is 0 Å². The van der Waals surface area contributed by atoms with Crippen LogP contribution in [0.4, 0.5) is 0 Å². The fourth-order valence-corrected chi connectivity index (χ4v) is 3.12. The monoisotopic (exact) mass is 356 g/mol. The van der Waals surface area contributed by atoms with Crippen molar-refractivity contribution in [2.45, 2.75) is 39.2 Å². The normalized spacial score (nSPS) is 18.4. The Bertz CT molecular complexity index is 611. The van der Waals surface area contributed by atoms with Crippen LogP contribution < -0.4 is 5.32 Å². The van der Waals surface area contributed by atoms with Crippen molar-refractivity contribution in [2.24, 2.45) is 5.92 Å². The first kappa shape index (κ1) is 18.1. The number of nitrogens with one attached hydrogen (secondary N) is 1. The van der Waals surface area contributed by atoms with Crippen LogP contribution in [0.1, 0.15) is 32.8 Å². The van der Waals surface area contributed by atoms with Crippen molar-refractivity contribution in [3.63, 3.8) is 0 Å². The Kier molecular flexibility index (Phi) is 5.58. The predicted molar refractivity (Wildman–Crippen MR) is 92.7 cm³/mol. The van der Waals surface area contributed by atoms with Gasteiger partial charge in [0.15, 0.2) is 0 Å². The summed E-state index contributed by atoms with van der Waals surface area (Å²) in [6.07, 6.45) is 0.922. The number of nitrogens with zero attached hydrogens (tertiary/aromatic N) is 1. The summed E-state index contributed by atoms with van der Waals surface area (Å²) in [6, 6.07) is 5.35. The van der Waals surface area contributed by atoms with E-state index in [1.54, 1.807) is 17.0 Å². The first-order chi connectivity index (χ1) is 10.7. The van der Waals surface area contributed by atoms with Gasteiger partial charge in [-0.3, -0.25) is 9.59 Å². The maximum absolute atomic E-state index is 12.2. The van der Waals surface area contributed by atoms with Crippen molar-refractivity contribution in [2.75, 3.05) is 13.1 Å². The van der Waals surface area contributed by atoms with Crippen LogP contribution in [0.5, 0.6) is 0 Å². The summed E-state index contributed by atoms with van der Waals surface area (Å²) in [7, 11) is 0. The fourth-order valence-electron chi connectivity index (χ4n) is 2.62. The van der Waals surface area contributed by atoms with E-state index in [1.807, 2.05) is 26.8 Å². The molecule has 126 valence electrons. The molecule has 1 N–H and O–H groups in total. The first-order valence-electron chi connectivity index (χ1n) is 7.69. The number of halogens is 2. The molecule has 6 heteroatoms. The van der Waals surface area contributed by atoms with Gasteiger partial charge < -0.3 is 10.2 Å². The molecule has 1 atom stereocenters. The van der Waals surface area contributed by atoms with Crippen molar-refractivity contribution in [1.82, 2.24) is 10.2 Å². The maximum atomic E-state index is 12.2. The zero-order chi connectivity index (χ0) is 17.2. The van der Waals surface area contributed by atoms with Gasteiger partial charge in [-0.25, -0.2) is 0 Å². The van der Waals surface area contributed by atoms with Crippen LogP contribution in [-0.4, -0.2) is 35.3 Å². The highest BCUT2D eigenvalue weighted by Gasteiger charge is 2.35. The molecule has 1 aromatic rings. The number of likely N-dealkylation sites (tertiary alicyclic amines) is 1. The lowest BCUT2D eigenvalue weighted by Gasteiger charge is -2.23. The van der Waals surface area contributed by atoms with Crippen molar-refractivity contribution in [1.29, 1.82) is 0 Å². The number of hydrogen-bond donors (Lipinski definition) is 1. The van der Waals surface area contributed by atoms with Gasteiger partial charge in [-0.1, -0.05) is 29.3 Å². The van der Waals surface area contributed by atoms with E-state index in [2.05, 4.69) is 5.32 Å². The van der Waals surface area contributed by atoms with Crippen LogP contribution in [0.3, 0.4) is 0 Å². The van der Waals surface area contributed by atoms with Gasteiger partial charge in [0.05, 0.1) is 5.92 Å². The Morgan fingerprint density at radius 1 is 1.35 bits per heavy atom. The molecule has 2 rings (SSSR count). The third kappa shape index (κ3) is 5.11. The summed E-state index contributed by atoms with van der Waals surface area (Å²) < 4.78 is 0. The van der Waals surface area contributed by atoms with E-state index in [0.29, 0.717) is 29.6 Å². The molecular weight excluding hydrogens is 335 g/mol. The average Bonchev–Trinajstić information content (AvgIpc) is 2.77. The minimum atomic E-state index is -0.287. The van der Waals surface area contributed by atoms with Crippen LogP contribution in [0, 0.1) is 5.92 Å². The molecule has 1 aliphatic rings. The standard InChI is InChI=1S/C17H22Cl2N2O2/c1-17(2,3)20-16(23)12-8-15(22)21(10-12)7-6-11-4-5-13(18)9-14(11)19/h4-5,9,12H,6-8,10H2,1-3H3,(H,20,23). The summed E-state index contributed by atoms with van der Waals surface area (Å²) >= 11 is 12.0. The molecule has 1 unspecified atom stereocenters. The molecule has 2 amide bonds. The molecule has 4 nitrogen and oxygen atoms in total. The second kappa shape index (κ2) is 7.10. The fraction of sp³-hybridized carbons (Fsp3) is 0.529. The van der Waals surface area contributed by atoms with Gasteiger partial charge in [-0.05, 0) is 44.9 Å². The van der Waals surface area contributed by atoms with Crippen LogP contribution >= 0.6 is 23.2 Å². The molecule has 1 heterocycles. The predicted octanol–water partition coefficient (Wildman–Crippen LogP) is 3.30. The number of carbonyl (C=O) groups excluding carboxylic acids is 2. The summed E-state index contributed by atoms with van der Waals surface area (Å²) in [5.74, 6) is -0.315. The average molecular weight is 357 g/mol. The van der Waals surface area contributed by atoms with Gasteiger partial charge in [0.1, 0.15) is 0 Å². The Hall–Kier alpha value is -1.26. The SMILES string of the molecule is CC(C)(C)NC(=O)C1CC(=O)N(CCc2ccc(Cl)cc2Cl)C1. The highest BCUT2D eigenvalue weighted by molar-refractivity contribution is 6.35. The number of amides is 2. The lowest BCUT2D eigenvalue weighted by atomic mass is 10.0. The smallest absolute Gasteiger partial charge is 0.225 e. The Morgan fingerprint density at radius 3 is 2.65 bits per heavy atom. The minimum absolute atomic E-state index is 0.0177. The molecule has 1 aromatic carbocycles. The summed E-state index contributed by atoms with van der Waals surface area (Å²) in [5.41, 5.74) is 0.663. The number of benzene rings is 1. The van der Waals surface area contributed by atoms with Gasteiger partial charge in [0.2, 0.25) is 11.8 Å². The molecule has 0 spiro atoms. The Balaban J connectivity index is 1.92. The van der Waals surface area contributed by atoms with E-state index in [4.69, 9.17) is 23.2 Å². The van der Waals surface area contributed by atoms with Gasteiger partial charge in [-0.15, -0.1) is 0 Å². The van der Waals surface area contributed by atoms with Crippen molar-refractivity contribution in [3.05, 3.63) is 33.8 Å². The van der Waals surface area contributed by atoms with Crippen LogP contribution in [0.2, 0.25) is 10.0 Å². The molecule has 1 saturated heterocycles. The van der Waals surface area contributed by atoms with Crippen molar-refractivity contribution in [3.8, 4) is 0 Å². The van der Waals surface area contributed by atoms with Crippen LogP contribution in [-0.2, 0) is 16.0 Å². The molecule has 0 saturated carbocycles.